The third-order valence-electron chi connectivity index (χ3n) is 3.12. The fraction of sp³-hybridized carbons (Fsp3) is 0.357. The smallest absolute Gasteiger partial charge is 0.178 e. The molecule has 0 fully saturated rings. The van der Waals surface area contributed by atoms with Gasteiger partial charge in [0.25, 0.3) is 0 Å². The molecule has 1 heterocycles. The van der Waals surface area contributed by atoms with Gasteiger partial charge in [0.05, 0.1) is 5.69 Å². The topological polar surface area (TPSA) is 22.0 Å². The van der Waals surface area contributed by atoms with E-state index in [1.54, 1.807) is 0 Å². The second-order valence-corrected chi connectivity index (χ2v) is 4.38. The van der Waals surface area contributed by atoms with Crippen LogP contribution in [0, 0.1) is 13.8 Å². The summed E-state index contributed by atoms with van der Waals surface area (Å²) in [5.41, 5.74) is 4.43. The lowest BCUT2D eigenvalue weighted by Gasteiger charge is -2.03. The van der Waals surface area contributed by atoms with Gasteiger partial charge in [-0.05, 0) is 37.1 Å². The highest BCUT2D eigenvalue weighted by molar-refractivity contribution is 6.00. The van der Waals surface area contributed by atoms with Crippen molar-refractivity contribution in [1.29, 1.82) is 0 Å². The minimum absolute atomic E-state index is 0.204. The van der Waals surface area contributed by atoms with E-state index in [4.69, 9.17) is 0 Å². The molecule has 0 N–H and O–H groups in total. The fourth-order valence-electron chi connectivity index (χ4n) is 2.23. The van der Waals surface area contributed by atoms with E-state index in [2.05, 4.69) is 26.0 Å². The van der Waals surface area contributed by atoms with Gasteiger partial charge in [0.1, 0.15) is 0 Å². The van der Waals surface area contributed by atoms with Crippen LogP contribution in [-0.4, -0.2) is 10.4 Å². The van der Waals surface area contributed by atoms with Crippen LogP contribution in [0.3, 0.4) is 0 Å². The average Bonchev–Trinajstić information content (AvgIpc) is 2.56. The molecule has 0 aliphatic carbocycles. The fourth-order valence-corrected chi connectivity index (χ4v) is 2.23. The Morgan fingerprint density at radius 1 is 1.25 bits per heavy atom. The summed E-state index contributed by atoms with van der Waals surface area (Å²) in [6, 6.07) is 6.30. The Morgan fingerprint density at radius 2 is 1.94 bits per heavy atom. The molecule has 16 heavy (non-hydrogen) atoms. The van der Waals surface area contributed by atoms with Gasteiger partial charge in [-0.25, -0.2) is 0 Å². The molecular formula is C14H17NO. The summed E-state index contributed by atoms with van der Waals surface area (Å²) < 4.78 is 2.00. The number of carbonyl (C=O) groups is 1. The third-order valence-corrected chi connectivity index (χ3v) is 3.12. The second kappa shape index (κ2) is 3.78. The Morgan fingerprint density at radius 3 is 2.56 bits per heavy atom. The third kappa shape index (κ3) is 1.54. The minimum Gasteiger partial charge on any atom is -0.341 e. The lowest BCUT2D eigenvalue weighted by atomic mass is 10.1. The van der Waals surface area contributed by atoms with Crippen molar-refractivity contribution in [2.24, 2.45) is 7.05 Å². The molecule has 1 aromatic heterocycles. The molecule has 0 amide bonds. The lowest BCUT2D eigenvalue weighted by Crippen LogP contribution is -2.03. The maximum absolute atomic E-state index is 11.8. The summed E-state index contributed by atoms with van der Waals surface area (Å²) >= 11 is 0. The van der Waals surface area contributed by atoms with E-state index in [0.717, 1.165) is 11.2 Å². The quantitative estimate of drug-likeness (QED) is 0.704. The Labute approximate surface area is 95.9 Å². The molecule has 2 heteroatoms. The van der Waals surface area contributed by atoms with E-state index >= 15 is 0 Å². The van der Waals surface area contributed by atoms with Crippen LogP contribution in [-0.2, 0) is 7.05 Å². The van der Waals surface area contributed by atoms with Crippen LogP contribution in [0.5, 0.6) is 0 Å². The molecule has 0 unspecified atom stereocenters. The van der Waals surface area contributed by atoms with Crippen molar-refractivity contribution in [3.8, 4) is 0 Å². The highest BCUT2D eigenvalue weighted by Gasteiger charge is 2.12. The van der Waals surface area contributed by atoms with Gasteiger partial charge < -0.3 is 4.57 Å². The van der Waals surface area contributed by atoms with Crippen LogP contribution < -0.4 is 0 Å². The van der Waals surface area contributed by atoms with Crippen molar-refractivity contribution < 1.29 is 4.79 Å². The Kier molecular flexibility index (Phi) is 2.58. The normalized spacial score (nSPS) is 11.0. The van der Waals surface area contributed by atoms with Crippen molar-refractivity contribution in [1.82, 2.24) is 4.57 Å². The summed E-state index contributed by atoms with van der Waals surface area (Å²) in [5.74, 6) is 0.204. The first-order valence-corrected chi connectivity index (χ1v) is 5.64. The van der Waals surface area contributed by atoms with Crippen LogP contribution in [0.2, 0.25) is 0 Å². The van der Waals surface area contributed by atoms with Crippen molar-refractivity contribution in [2.45, 2.75) is 27.2 Å². The summed E-state index contributed by atoms with van der Waals surface area (Å²) in [7, 11) is 1.96. The number of fused-ring (bicyclic) bond motifs is 1. The molecule has 2 aromatic rings. The predicted octanol–water partition coefficient (Wildman–Crippen LogP) is 3.39. The average molecular weight is 215 g/mol. The minimum atomic E-state index is 0.204. The molecule has 2 nitrogen and oxygen atoms in total. The first-order chi connectivity index (χ1) is 7.54. The predicted molar refractivity (Wildman–Crippen MR) is 67.0 cm³/mol. The zero-order valence-corrected chi connectivity index (χ0v) is 10.3. The number of carbonyl (C=O) groups excluding carboxylic acids is 1. The van der Waals surface area contributed by atoms with E-state index < -0.39 is 0 Å². The molecule has 0 aliphatic heterocycles. The zero-order chi connectivity index (χ0) is 11.9. The van der Waals surface area contributed by atoms with Gasteiger partial charge in [-0.15, -0.1) is 0 Å². The SMILES string of the molecule is CCC(=O)c1cc2c(C)cc(C)cc2n1C. The maximum Gasteiger partial charge on any atom is 0.178 e. The molecule has 0 saturated carbocycles. The number of aryl methyl sites for hydroxylation is 3. The summed E-state index contributed by atoms with van der Waals surface area (Å²) in [6.07, 6.45) is 0.558. The van der Waals surface area contributed by atoms with Crippen molar-refractivity contribution in [3.05, 3.63) is 35.0 Å². The second-order valence-electron chi connectivity index (χ2n) is 4.38. The largest absolute Gasteiger partial charge is 0.341 e. The number of benzene rings is 1. The highest BCUT2D eigenvalue weighted by atomic mass is 16.1. The zero-order valence-electron chi connectivity index (χ0n) is 10.3. The van der Waals surface area contributed by atoms with Gasteiger partial charge in [-0.3, -0.25) is 4.79 Å². The first kappa shape index (κ1) is 10.9. The molecule has 2 rings (SSSR count). The van der Waals surface area contributed by atoms with Crippen molar-refractivity contribution in [3.63, 3.8) is 0 Å². The number of hydrogen-bond donors (Lipinski definition) is 0. The van der Waals surface area contributed by atoms with Gasteiger partial charge in [0, 0.05) is 24.4 Å². The molecule has 0 radical (unpaired) electrons. The number of hydrogen-bond acceptors (Lipinski definition) is 1. The number of rotatable bonds is 2. The monoisotopic (exact) mass is 215 g/mol. The van der Waals surface area contributed by atoms with E-state index in [-0.39, 0.29) is 5.78 Å². The van der Waals surface area contributed by atoms with Gasteiger partial charge in [-0.2, -0.15) is 0 Å². The van der Waals surface area contributed by atoms with Crippen molar-refractivity contribution in [2.75, 3.05) is 0 Å². The maximum atomic E-state index is 11.8. The number of ketones is 1. The Hall–Kier alpha value is -1.57. The summed E-state index contributed by atoms with van der Waals surface area (Å²) in [5, 5.41) is 1.19. The molecule has 0 spiro atoms. The lowest BCUT2D eigenvalue weighted by molar-refractivity contribution is 0.0981. The molecule has 1 aromatic carbocycles. The Balaban J connectivity index is 2.77. The highest BCUT2D eigenvalue weighted by Crippen LogP contribution is 2.24. The van der Waals surface area contributed by atoms with E-state index in [1.807, 2.05) is 24.6 Å². The van der Waals surface area contributed by atoms with Crippen LogP contribution in [0.4, 0.5) is 0 Å². The molecule has 0 saturated heterocycles. The summed E-state index contributed by atoms with van der Waals surface area (Å²) in [4.78, 5) is 11.8. The molecule has 0 atom stereocenters. The molecule has 84 valence electrons. The number of nitrogens with zero attached hydrogens (tertiary/aromatic N) is 1. The summed E-state index contributed by atoms with van der Waals surface area (Å²) in [6.45, 7) is 6.08. The van der Waals surface area contributed by atoms with E-state index in [9.17, 15) is 4.79 Å². The van der Waals surface area contributed by atoms with Gasteiger partial charge in [-0.1, -0.05) is 13.0 Å². The van der Waals surface area contributed by atoms with E-state index in [1.165, 1.54) is 16.5 Å². The molecule has 0 aliphatic rings. The van der Waals surface area contributed by atoms with Gasteiger partial charge >= 0.3 is 0 Å². The molecule has 0 bridgehead atoms. The number of Topliss-reactive ketones (excluding diaryl/α,β-unsaturated/α-hetero) is 1. The van der Waals surface area contributed by atoms with Crippen LogP contribution in [0.15, 0.2) is 18.2 Å². The number of aromatic nitrogens is 1. The van der Waals surface area contributed by atoms with Crippen LogP contribution >= 0.6 is 0 Å². The van der Waals surface area contributed by atoms with Crippen LogP contribution in [0.1, 0.15) is 35.0 Å². The van der Waals surface area contributed by atoms with Gasteiger partial charge in [0.15, 0.2) is 5.78 Å². The molecular weight excluding hydrogens is 198 g/mol. The Bertz CT molecular complexity index is 564. The van der Waals surface area contributed by atoms with Crippen molar-refractivity contribution >= 4 is 16.7 Å². The van der Waals surface area contributed by atoms with Gasteiger partial charge in [0.2, 0.25) is 0 Å². The van der Waals surface area contributed by atoms with E-state index in [0.29, 0.717) is 6.42 Å². The van der Waals surface area contributed by atoms with Crippen LogP contribution in [0.25, 0.3) is 10.9 Å². The standard InChI is InChI=1S/C14H17NO/c1-5-14(16)13-8-11-10(3)6-9(2)7-12(11)15(13)4/h6-8H,5H2,1-4H3. The first-order valence-electron chi connectivity index (χ1n) is 5.64.